The minimum atomic E-state index is -0.427. The van der Waals surface area contributed by atoms with Crippen LogP contribution in [-0.4, -0.2) is 22.1 Å². The highest BCUT2D eigenvalue weighted by molar-refractivity contribution is 8.15. The fraction of sp³-hybridized carbons (Fsp3) is 0.375. The zero-order valence-corrected chi connectivity index (χ0v) is 12.8. The van der Waals surface area contributed by atoms with Crippen LogP contribution >= 0.6 is 11.8 Å². The highest BCUT2D eigenvalue weighted by Crippen LogP contribution is 2.41. The van der Waals surface area contributed by atoms with Gasteiger partial charge < -0.3 is 0 Å². The van der Waals surface area contributed by atoms with Gasteiger partial charge in [0.2, 0.25) is 5.91 Å². The van der Waals surface area contributed by atoms with Crippen LogP contribution in [0.5, 0.6) is 0 Å². The van der Waals surface area contributed by atoms with E-state index < -0.39 is 5.25 Å². The molecule has 2 amide bonds. The summed E-state index contributed by atoms with van der Waals surface area (Å²) in [7, 11) is 0. The highest BCUT2D eigenvalue weighted by Gasteiger charge is 2.44. The Hall–Kier alpha value is -1.55. The zero-order valence-electron chi connectivity index (χ0n) is 12.0. The van der Waals surface area contributed by atoms with Crippen molar-refractivity contribution in [1.29, 1.82) is 0 Å². The lowest BCUT2D eigenvalue weighted by Gasteiger charge is -2.29. The molecule has 0 aliphatic carbocycles. The van der Waals surface area contributed by atoms with Crippen LogP contribution in [0.3, 0.4) is 0 Å². The van der Waals surface area contributed by atoms with Gasteiger partial charge >= 0.3 is 0 Å². The van der Waals surface area contributed by atoms with Crippen molar-refractivity contribution >= 4 is 22.9 Å². The van der Waals surface area contributed by atoms with Gasteiger partial charge in [-0.1, -0.05) is 56.3 Å². The summed E-state index contributed by atoms with van der Waals surface area (Å²) >= 11 is 1.09. The number of hydrogen-bond donors (Lipinski definition) is 0. The number of amides is 2. The van der Waals surface area contributed by atoms with E-state index in [0.717, 1.165) is 22.9 Å². The van der Waals surface area contributed by atoms with E-state index >= 15 is 0 Å². The van der Waals surface area contributed by atoms with Crippen LogP contribution in [0.4, 0.5) is 4.79 Å². The minimum Gasteiger partial charge on any atom is -0.273 e. The van der Waals surface area contributed by atoms with E-state index in [4.69, 9.17) is 0 Å². The van der Waals surface area contributed by atoms with Gasteiger partial charge in [0.1, 0.15) is 5.25 Å². The Morgan fingerprint density at radius 2 is 1.85 bits per heavy atom. The molecule has 1 aliphatic rings. The monoisotopic (exact) mass is 289 g/mol. The summed E-state index contributed by atoms with van der Waals surface area (Å²) in [6.45, 7) is 9.80. The van der Waals surface area contributed by atoms with Crippen molar-refractivity contribution in [1.82, 2.24) is 4.90 Å². The third kappa shape index (κ3) is 2.66. The van der Waals surface area contributed by atoms with Crippen molar-refractivity contribution in [2.45, 2.75) is 32.1 Å². The second-order valence-electron chi connectivity index (χ2n) is 5.42. The zero-order chi connectivity index (χ0) is 14.9. The lowest BCUT2D eigenvalue weighted by atomic mass is 9.96. The van der Waals surface area contributed by atoms with Crippen LogP contribution in [0.2, 0.25) is 0 Å². The van der Waals surface area contributed by atoms with Crippen molar-refractivity contribution in [3.8, 4) is 0 Å². The van der Waals surface area contributed by atoms with Crippen molar-refractivity contribution in [3.63, 3.8) is 0 Å². The maximum absolute atomic E-state index is 12.6. The summed E-state index contributed by atoms with van der Waals surface area (Å²) in [5.41, 5.74) is 1.72. The fourth-order valence-electron chi connectivity index (χ4n) is 2.60. The van der Waals surface area contributed by atoms with E-state index in [9.17, 15) is 9.59 Å². The largest absolute Gasteiger partial charge is 0.289 e. The first-order valence-electron chi connectivity index (χ1n) is 6.67. The molecule has 1 fully saturated rings. The number of benzene rings is 1. The number of hydrogen-bond acceptors (Lipinski definition) is 3. The lowest BCUT2D eigenvalue weighted by molar-refractivity contribution is -0.128. The second-order valence-corrected chi connectivity index (χ2v) is 6.47. The van der Waals surface area contributed by atoms with Crippen molar-refractivity contribution < 1.29 is 9.59 Å². The van der Waals surface area contributed by atoms with Gasteiger partial charge in [0.15, 0.2) is 0 Å². The SMILES string of the molecule is C=C(C)[C@H](C(C)C)N1C(=O)SC(c2ccccc2)C1=O. The average molecular weight is 289 g/mol. The Bertz CT molecular complexity index is 539. The van der Waals surface area contributed by atoms with Crippen LogP contribution in [0.1, 0.15) is 31.6 Å². The van der Waals surface area contributed by atoms with Gasteiger partial charge in [-0.3, -0.25) is 14.5 Å². The molecule has 0 radical (unpaired) electrons. The highest BCUT2D eigenvalue weighted by atomic mass is 32.2. The van der Waals surface area contributed by atoms with Crippen LogP contribution in [0.15, 0.2) is 42.5 Å². The molecule has 106 valence electrons. The molecule has 0 N–H and O–H groups in total. The summed E-state index contributed by atoms with van der Waals surface area (Å²) < 4.78 is 0. The number of imide groups is 1. The summed E-state index contributed by atoms with van der Waals surface area (Å²) in [6.07, 6.45) is 0. The van der Waals surface area contributed by atoms with Crippen LogP contribution < -0.4 is 0 Å². The topological polar surface area (TPSA) is 37.4 Å². The van der Waals surface area contributed by atoms with Gasteiger partial charge in [0.05, 0.1) is 6.04 Å². The van der Waals surface area contributed by atoms with E-state index in [1.807, 2.05) is 51.1 Å². The molecule has 0 aromatic heterocycles. The number of rotatable bonds is 4. The standard InChI is InChI=1S/C16H19NO2S/c1-10(2)13(11(3)4)17-15(18)14(20-16(17)19)12-8-6-5-7-9-12/h5-9,11,13-14H,1H2,2-4H3/t13-,14?/m1/s1. The number of thioether (sulfide) groups is 1. The van der Waals surface area contributed by atoms with E-state index in [1.54, 1.807) is 0 Å². The molecule has 2 atom stereocenters. The van der Waals surface area contributed by atoms with E-state index in [1.165, 1.54) is 4.90 Å². The molecule has 3 nitrogen and oxygen atoms in total. The van der Waals surface area contributed by atoms with E-state index in [0.29, 0.717) is 0 Å². The maximum Gasteiger partial charge on any atom is 0.289 e. The summed E-state index contributed by atoms with van der Waals surface area (Å²) in [5.74, 6) is 0.0309. The summed E-state index contributed by atoms with van der Waals surface area (Å²) in [6, 6.07) is 9.22. The molecular formula is C16H19NO2S. The molecule has 1 heterocycles. The normalized spacial score (nSPS) is 20.6. The van der Waals surface area contributed by atoms with Gasteiger partial charge in [0, 0.05) is 0 Å². The number of carbonyl (C=O) groups is 2. The van der Waals surface area contributed by atoms with Crippen LogP contribution in [0.25, 0.3) is 0 Å². The first kappa shape index (κ1) is 14.9. The van der Waals surface area contributed by atoms with Gasteiger partial charge in [-0.25, -0.2) is 0 Å². The molecule has 0 bridgehead atoms. The number of carbonyl (C=O) groups excluding carboxylic acids is 2. The molecular weight excluding hydrogens is 270 g/mol. The third-order valence-corrected chi connectivity index (χ3v) is 4.50. The number of nitrogens with zero attached hydrogens (tertiary/aromatic N) is 1. The Morgan fingerprint density at radius 1 is 1.25 bits per heavy atom. The molecule has 0 spiro atoms. The minimum absolute atomic E-state index is 0.132. The Morgan fingerprint density at radius 3 is 2.35 bits per heavy atom. The first-order valence-corrected chi connectivity index (χ1v) is 7.55. The molecule has 1 aromatic rings. The average Bonchev–Trinajstić information content (AvgIpc) is 2.67. The molecule has 1 aliphatic heterocycles. The molecule has 1 unspecified atom stereocenters. The second kappa shape index (κ2) is 5.83. The van der Waals surface area contributed by atoms with Crippen molar-refractivity contribution in [2.24, 2.45) is 5.92 Å². The van der Waals surface area contributed by atoms with E-state index in [-0.39, 0.29) is 23.1 Å². The fourth-order valence-corrected chi connectivity index (χ4v) is 3.63. The van der Waals surface area contributed by atoms with Crippen LogP contribution in [0, 0.1) is 5.92 Å². The Balaban J connectivity index is 2.32. The quantitative estimate of drug-likeness (QED) is 0.785. The molecule has 0 saturated carbocycles. The maximum atomic E-state index is 12.6. The predicted octanol–water partition coefficient (Wildman–Crippen LogP) is 4.02. The molecule has 1 saturated heterocycles. The smallest absolute Gasteiger partial charge is 0.273 e. The Labute approximate surface area is 124 Å². The first-order chi connectivity index (χ1) is 9.43. The Kier molecular flexibility index (Phi) is 4.33. The molecule has 4 heteroatoms. The van der Waals surface area contributed by atoms with E-state index in [2.05, 4.69) is 6.58 Å². The summed E-state index contributed by atoms with van der Waals surface area (Å²) in [4.78, 5) is 26.2. The van der Waals surface area contributed by atoms with Crippen molar-refractivity contribution in [3.05, 3.63) is 48.0 Å². The molecule has 1 aromatic carbocycles. The van der Waals surface area contributed by atoms with Gasteiger partial charge in [-0.05, 0) is 30.2 Å². The van der Waals surface area contributed by atoms with Gasteiger partial charge in [0.25, 0.3) is 5.24 Å². The van der Waals surface area contributed by atoms with Crippen LogP contribution in [-0.2, 0) is 4.79 Å². The lowest BCUT2D eigenvalue weighted by Crippen LogP contribution is -2.43. The van der Waals surface area contributed by atoms with Crippen molar-refractivity contribution in [2.75, 3.05) is 0 Å². The molecule has 20 heavy (non-hydrogen) atoms. The van der Waals surface area contributed by atoms with Gasteiger partial charge in [-0.2, -0.15) is 0 Å². The molecule has 2 rings (SSSR count). The third-order valence-electron chi connectivity index (χ3n) is 3.39. The van der Waals surface area contributed by atoms with Gasteiger partial charge in [-0.15, -0.1) is 0 Å². The predicted molar refractivity (Wildman–Crippen MR) is 82.5 cm³/mol. The summed E-state index contributed by atoms with van der Waals surface area (Å²) in [5, 5.41) is -0.602.